The molecule has 9 heteroatoms. The molecule has 6 nitrogen and oxygen atoms in total. The Hall–Kier alpha value is -2.06. The minimum Gasteiger partial charge on any atom is -0.542 e. The van der Waals surface area contributed by atoms with Gasteiger partial charge in [-0.2, -0.15) is 13.2 Å². The molecule has 1 rings (SSSR count). The number of aromatic nitrogens is 2. The van der Waals surface area contributed by atoms with E-state index in [-0.39, 0.29) is 6.42 Å². The fraction of sp³-hybridized carbons (Fsp3) is 0.444. The molecule has 0 saturated carbocycles. The van der Waals surface area contributed by atoms with Crippen LogP contribution in [0.25, 0.3) is 0 Å². The lowest BCUT2D eigenvalue weighted by Gasteiger charge is -2.03. The Kier molecular flexibility index (Phi) is 5.86. The van der Waals surface area contributed by atoms with Crippen LogP contribution in [-0.4, -0.2) is 27.8 Å². The number of carbonyl (C=O) groups is 2. The molecule has 0 atom stereocenters. The van der Waals surface area contributed by atoms with E-state index in [1.54, 1.807) is 0 Å². The molecule has 0 aromatic carbocycles. The molecule has 0 spiro atoms. The van der Waals surface area contributed by atoms with Crippen LogP contribution in [0.15, 0.2) is 18.7 Å². The Balaban J connectivity index is 0.000000360. The molecule has 0 radical (unpaired) electrons. The summed E-state index contributed by atoms with van der Waals surface area (Å²) >= 11 is 0. The molecule has 0 aliphatic heterocycles. The standard InChI is InChI=1S/C7H10N2O2.C2HF3O2/c1-8-4-5-9(6-8)3-2-7(10)11;3-2(4,5)1(6)7/h4-6H,2-3H2,1H3;(H,6,7). The van der Waals surface area contributed by atoms with Crippen molar-refractivity contribution >= 4 is 11.9 Å². The SMILES string of the molecule is C[n+]1ccn(CCC(=O)O)c1.O=C([O-])C(F)(F)F. The Labute approximate surface area is 99.9 Å². The summed E-state index contributed by atoms with van der Waals surface area (Å²) in [5.74, 6) is -3.77. The minimum absolute atomic E-state index is 0.175. The Morgan fingerprint density at radius 2 is 1.94 bits per heavy atom. The number of carboxylic acid groups (broad SMARTS) is 2. The number of halogens is 3. The van der Waals surface area contributed by atoms with Crippen LogP contribution in [0.3, 0.4) is 0 Å². The maximum atomic E-state index is 10.5. The molecule has 0 amide bonds. The van der Waals surface area contributed by atoms with Crippen molar-refractivity contribution in [3.05, 3.63) is 18.7 Å². The number of carboxylic acids is 2. The second kappa shape index (κ2) is 6.62. The molecule has 1 N–H and O–H groups in total. The monoisotopic (exact) mass is 268 g/mol. The number of alkyl halides is 3. The van der Waals surface area contributed by atoms with E-state index in [0.29, 0.717) is 6.54 Å². The first-order chi connectivity index (χ1) is 8.12. The highest BCUT2D eigenvalue weighted by atomic mass is 19.4. The molecule has 1 aromatic rings. The van der Waals surface area contributed by atoms with E-state index < -0.39 is 18.1 Å². The van der Waals surface area contributed by atoms with Gasteiger partial charge >= 0.3 is 12.1 Å². The van der Waals surface area contributed by atoms with Crippen LogP contribution in [0.4, 0.5) is 13.2 Å². The molecule has 18 heavy (non-hydrogen) atoms. The van der Waals surface area contributed by atoms with Gasteiger partial charge in [0.2, 0.25) is 6.33 Å². The highest BCUT2D eigenvalue weighted by Crippen LogP contribution is 2.11. The van der Waals surface area contributed by atoms with Gasteiger partial charge in [-0.15, -0.1) is 0 Å². The zero-order valence-corrected chi connectivity index (χ0v) is 9.35. The molecule has 1 aromatic heterocycles. The molecular formula is C9H11F3N2O4. The second-order valence-electron chi connectivity index (χ2n) is 3.25. The Bertz CT molecular complexity index is 414. The normalized spacial score (nSPS) is 10.4. The number of rotatable bonds is 3. The summed E-state index contributed by atoms with van der Waals surface area (Å²) < 4.78 is 35.3. The number of aryl methyl sites for hydroxylation is 2. The summed E-state index contributed by atoms with van der Waals surface area (Å²) in [6.07, 6.45) is 0.558. The van der Waals surface area contributed by atoms with Crippen molar-refractivity contribution < 1.29 is 37.5 Å². The lowest BCUT2D eigenvalue weighted by Crippen LogP contribution is -2.37. The van der Waals surface area contributed by atoms with Gasteiger partial charge in [-0.3, -0.25) is 4.79 Å². The zero-order valence-electron chi connectivity index (χ0n) is 9.35. The largest absolute Gasteiger partial charge is 0.542 e. The van der Waals surface area contributed by atoms with Crippen LogP contribution < -0.4 is 9.67 Å². The third-order valence-electron chi connectivity index (χ3n) is 1.64. The molecule has 0 aliphatic rings. The maximum absolute atomic E-state index is 10.5. The van der Waals surface area contributed by atoms with Crippen molar-refractivity contribution in [3.8, 4) is 0 Å². The van der Waals surface area contributed by atoms with E-state index in [4.69, 9.17) is 15.0 Å². The van der Waals surface area contributed by atoms with Gasteiger partial charge in [0.05, 0.1) is 13.5 Å². The number of carbonyl (C=O) groups excluding carboxylic acids is 1. The summed E-state index contributed by atoms with van der Waals surface area (Å²) in [6, 6.07) is 0. The van der Waals surface area contributed by atoms with Crippen molar-refractivity contribution in [1.29, 1.82) is 0 Å². The summed E-state index contributed by atoms with van der Waals surface area (Å²) in [6.45, 7) is 0.538. The predicted octanol–water partition coefficient (Wildman–Crippen LogP) is -0.914. The van der Waals surface area contributed by atoms with E-state index in [1.165, 1.54) is 0 Å². The zero-order chi connectivity index (χ0) is 14.3. The van der Waals surface area contributed by atoms with Crippen molar-refractivity contribution in [3.63, 3.8) is 0 Å². The van der Waals surface area contributed by atoms with Gasteiger partial charge < -0.3 is 15.0 Å². The molecule has 0 bridgehead atoms. The van der Waals surface area contributed by atoms with Gasteiger partial charge in [0.15, 0.2) is 0 Å². The van der Waals surface area contributed by atoms with Gasteiger partial charge in [-0.25, -0.2) is 9.13 Å². The smallest absolute Gasteiger partial charge is 0.430 e. The molecule has 0 unspecified atom stereocenters. The topological polar surface area (TPSA) is 86.2 Å². The highest BCUT2D eigenvalue weighted by Gasteiger charge is 2.28. The second-order valence-corrected chi connectivity index (χ2v) is 3.25. The maximum Gasteiger partial charge on any atom is 0.430 e. The first-order valence-corrected chi connectivity index (χ1v) is 4.64. The number of aliphatic carboxylic acids is 2. The predicted molar refractivity (Wildman–Crippen MR) is 48.9 cm³/mol. The number of imidazole rings is 1. The van der Waals surface area contributed by atoms with Crippen molar-refractivity contribution in [2.24, 2.45) is 7.05 Å². The van der Waals surface area contributed by atoms with Gasteiger partial charge in [0.1, 0.15) is 24.9 Å². The van der Waals surface area contributed by atoms with Crippen LogP contribution in [0.2, 0.25) is 0 Å². The number of hydrogen-bond donors (Lipinski definition) is 1. The molecule has 0 aliphatic carbocycles. The lowest BCUT2D eigenvalue weighted by atomic mass is 10.4. The van der Waals surface area contributed by atoms with E-state index >= 15 is 0 Å². The number of nitrogens with zero attached hydrogens (tertiary/aromatic N) is 2. The molecular weight excluding hydrogens is 257 g/mol. The lowest BCUT2D eigenvalue weighted by molar-refractivity contribution is -0.671. The van der Waals surface area contributed by atoms with Crippen molar-refractivity contribution in [1.82, 2.24) is 4.57 Å². The van der Waals surface area contributed by atoms with Crippen molar-refractivity contribution in [2.75, 3.05) is 0 Å². The number of hydrogen-bond acceptors (Lipinski definition) is 3. The molecule has 0 fully saturated rings. The van der Waals surface area contributed by atoms with Crippen LogP contribution in [0.5, 0.6) is 0 Å². The van der Waals surface area contributed by atoms with Gasteiger partial charge in [0, 0.05) is 0 Å². The third kappa shape index (κ3) is 7.25. The fourth-order valence-electron chi connectivity index (χ4n) is 0.859. The fourth-order valence-corrected chi connectivity index (χ4v) is 0.859. The summed E-state index contributed by atoms with van der Waals surface area (Å²) in [7, 11) is 1.90. The Morgan fingerprint density at radius 1 is 1.44 bits per heavy atom. The molecule has 102 valence electrons. The summed E-state index contributed by atoms with van der Waals surface area (Å²) in [5.41, 5.74) is 0. The minimum atomic E-state index is -5.19. The molecule has 0 saturated heterocycles. The van der Waals surface area contributed by atoms with Crippen LogP contribution >= 0.6 is 0 Å². The summed E-state index contributed by atoms with van der Waals surface area (Å²) in [5, 5.41) is 17.1. The van der Waals surface area contributed by atoms with E-state index in [9.17, 15) is 18.0 Å². The van der Waals surface area contributed by atoms with Crippen LogP contribution in [-0.2, 0) is 23.2 Å². The van der Waals surface area contributed by atoms with Crippen LogP contribution in [0, 0.1) is 0 Å². The van der Waals surface area contributed by atoms with E-state index in [1.807, 2.05) is 34.9 Å². The first-order valence-electron chi connectivity index (χ1n) is 4.64. The average Bonchev–Trinajstić information content (AvgIpc) is 2.60. The first kappa shape index (κ1) is 15.9. The third-order valence-corrected chi connectivity index (χ3v) is 1.64. The van der Waals surface area contributed by atoms with E-state index in [2.05, 4.69) is 0 Å². The highest BCUT2D eigenvalue weighted by molar-refractivity contribution is 5.70. The van der Waals surface area contributed by atoms with Crippen LogP contribution in [0.1, 0.15) is 6.42 Å². The Morgan fingerprint density at radius 3 is 2.22 bits per heavy atom. The van der Waals surface area contributed by atoms with Crippen molar-refractivity contribution in [2.45, 2.75) is 19.1 Å². The quantitative estimate of drug-likeness (QED) is 0.719. The van der Waals surface area contributed by atoms with Gasteiger partial charge in [-0.05, 0) is 0 Å². The van der Waals surface area contributed by atoms with Gasteiger partial charge in [0.25, 0.3) is 0 Å². The molecule has 1 heterocycles. The van der Waals surface area contributed by atoms with E-state index in [0.717, 1.165) is 0 Å². The van der Waals surface area contributed by atoms with Gasteiger partial charge in [-0.1, -0.05) is 0 Å². The average molecular weight is 268 g/mol. The summed E-state index contributed by atoms with van der Waals surface area (Å²) in [4.78, 5) is 18.9.